The molecule has 4 heteroatoms. The fourth-order valence-electron chi connectivity index (χ4n) is 5.62. The van der Waals surface area contributed by atoms with Gasteiger partial charge in [-0.15, -0.1) is 0 Å². The first kappa shape index (κ1) is 14.5. The lowest BCUT2D eigenvalue weighted by molar-refractivity contribution is -0.0505. The van der Waals surface area contributed by atoms with Crippen LogP contribution in [0.1, 0.15) is 43.2 Å². The Morgan fingerprint density at radius 1 is 1.09 bits per heavy atom. The zero-order valence-electron chi connectivity index (χ0n) is 12.8. The van der Waals surface area contributed by atoms with E-state index >= 15 is 0 Å². The molecule has 3 aliphatic rings. The SMILES string of the molecule is C[C@]12CC[C@@H]3c4ccc(O)cc4CC[C@H]3[C@@H]1C(O)C(O)C2O. The molecular weight excluding hydrogens is 280 g/mol. The molecule has 4 rings (SSSR count). The summed E-state index contributed by atoms with van der Waals surface area (Å²) >= 11 is 0. The van der Waals surface area contributed by atoms with Gasteiger partial charge in [-0.25, -0.2) is 0 Å². The minimum Gasteiger partial charge on any atom is -0.508 e. The Kier molecular flexibility index (Phi) is 3.09. The van der Waals surface area contributed by atoms with Crippen LogP contribution in [0.3, 0.4) is 0 Å². The molecule has 4 N–H and O–H groups in total. The summed E-state index contributed by atoms with van der Waals surface area (Å²) in [5, 5.41) is 40.7. The quantitative estimate of drug-likeness (QED) is 0.586. The third-order valence-electron chi connectivity index (χ3n) is 6.72. The number of aromatic hydroxyl groups is 1. The minimum atomic E-state index is -1.03. The van der Waals surface area contributed by atoms with E-state index in [-0.39, 0.29) is 11.8 Å². The van der Waals surface area contributed by atoms with E-state index in [0.717, 1.165) is 25.7 Å². The molecule has 0 spiro atoms. The molecule has 1 aromatic rings. The summed E-state index contributed by atoms with van der Waals surface area (Å²) in [5.74, 6) is 0.898. The number of hydrogen-bond acceptors (Lipinski definition) is 4. The molecule has 0 radical (unpaired) electrons. The summed E-state index contributed by atoms with van der Waals surface area (Å²) in [6.07, 6.45) is 0.894. The highest BCUT2D eigenvalue weighted by atomic mass is 16.4. The number of phenols is 1. The number of aliphatic hydroxyl groups excluding tert-OH is 3. The van der Waals surface area contributed by atoms with E-state index in [1.54, 1.807) is 6.07 Å². The van der Waals surface area contributed by atoms with Crippen molar-refractivity contribution in [2.24, 2.45) is 17.3 Å². The van der Waals surface area contributed by atoms with Gasteiger partial charge in [0.1, 0.15) is 11.9 Å². The Hall–Kier alpha value is -1.10. The molecular formula is C18H24O4. The molecule has 0 aliphatic heterocycles. The van der Waals surface area contributed by atoms with Gasteiger partial charge < -0.3 is 20.4 Å². The van der Waals surface area contributed by atoms with E-state index in [4.69, 9.17) is 0 Å². The molecule has 4 nitrogen and oxygen atoms in total. The first-order valence-corrected chi connectivity index (χ1v) is 8.29. The minimum absolute atomic E-state index is 0.0572. The summed E-state index contributed by atoms with van der Waals surface area (Å²) in [6, 6.07) is 5.61. The van der Waals surface area contributed by atoms with E-state index in [2.05, 4.69) is 0 Å². The number of hydrogen-bond donors (Lipinski definition) is 4. The molecule has 2 saturated carbocycles. The molecule has 22 heavy (non-hydrogen) atoms. The second kappa shape index (κ2) is 4.70. The largest absolute Gasteiger partial charge is 0.508 e. The monoisotopic (exact) mass is 304 g/mol. The van der Waals surface area contributed by atoms with Crippen molar-refractivity contribution in [1.29, 1.82) is 0 Å². The lowest BCUT2D eigenvalue weighted by Gasteiger charge is -2.50. The Morgan fingerprint density at radius 3 is 2.64 bits per heavy atom. The van der Waals surface area contributed by atoms with Crippen molar-refractivity contribution >= 4 is 0 Å². The van der Waals surface area contributed by atoms with Crippen molar-refractivity contribution < 1.29 is 20.4 Å². The maximum absolute atomic E-state index is 10.5. The number of aliphatic hydroxyl groups is 3. The zero-order valence-corrected chi connectivity index (χ0v) is 12.8. The van der Waals surface area contributed by atoms with Gasteiger partial charge in [-0.2, -0.15) is 0 Å². The predicted molar refractivity (Wildman–Crippen MR) is 81.5 cm³/mol. The van der Waals surface area contributed by atoms with E-state index < -0.39 is 23.7 Å². The number of rotatable bonds is 0. The topological polar surface area (TPSA) is 80.9 Å². The average Bonchev–Trinajstić information content (AvgIpc) is 2.68. The lowest BCUT2D eigenvalue weighted by Crippen LogP contribution is -2.46. The zero-order chi connectivity index (χ0) is 15.6. The van der Waals surface area contributed by atoms with Crippen LogP contribution in [0.5, 0.6) is 5.75 Å². The maximum Gasteiger partial charge on any atom is 0.115 e. The van der Waals surface area contributed by atoms with Gasteiger partial charge in [-0.05, 0) is 66.7 Å². The van der Waals surface area contributed by atoms with Crippen LogP contribution in [0, 0.1) is 17.3 Å². The Bertz CT molecular complexity index is 601. The second-order valence-corrected chi connectivity index (χ2v) is 7.69. The van der Waals surface area contributed by atoms with Crippen molar-refractivity contribution in [3.63, 3.8) is 0 Å². The van der Waals surface area contributed by atoms with Crippen molar-refractivity contribution in [1.82, 2.24) is 0 Å². The standard InChI is InChI=1S/C18H24O4/c1-18-7-6-12-11-5-3-10(19)8-9(11)2-4-13(12)14(18)15(20)16(21)17(18)22/h3,5,8,12-17,19-22H,2,4,6-7H2,1H3/t12-,13-,14-,15?,16?,17?,18+/m1/s1. The van der Waals surface area contributed by atoms with Gasteiger partial charge in [0.2, 0.25) is 0 Å². The highest BCUT2D eigenvalue weighted by Crippen LogP contribution is 2.60. The van der Waals surface area contributed by atoms with Gasteiger partial charge in [0.05, 0.1) is 12.2 Å². The van der Waals surface area contributed by atoms with Crippen LogP contribution < -0.4 is 0 Å². The van der Waals surface area contributed by atoms with Crippen LogP contribution in [0.25, 0.3) is 0 Å². The number of aryl methyl sites for hydroxylation is 1. The smallest absolute Gasteiger partial charge is 0.115 e. The molecule has 0 amide bonds. The van der Waals surface area contributed by atoms with Gasteiger partial charge in [0, 0.05) is 5.41 Å². The lowest BCUT2D eigenvalue weighted by atomic mass is 9.55. The van der Waals surface area contributed by atoms with Gasteiger partial charge in [-0.3, -0.25) is 0 Å². The highest BCUT2D eigenvalue weighted by molar-refractivity contribution is 5.40. The normalized spacial score (nSPS) is 46.7. The van der Waals surface area contributed by atoms with Crippen molar-refractivity contribution in [2.75, 3.05) is 0 Å². The molecule has 0 aromatic heterocycles. The van der Waals surface area contributed by atoms with Crippen LogP contribution in [0.15, 0.2) is 18.2 Å². The molecule has 0 saturated heterocycles. The number of phenolic OH excluding ortho intramolecular Hbond substituents is 1. The Morgan fingerprint density at radius 2 is 1.86 bits per heavy atom. The molecule has 0 heterocycles. The summed E-state index contributed by atoms with van der Waals surface area (Å²) in [4.78, 5) is 0. The molecule has 2 fully saturated rings. The molecule has 120 valence electrons. The van der Waals surface area contributed by atoms with Crippen molar-refractivity contribution in [3.05, 3.63) is 29.3 Å². The van der Waals surface area contributed by atoms with Gasteiger partial charge in [-0.1, -0.05) is 13.0 Å². The second-order valence-electron chi connectivity index (χ2n) is 7.69. The summed E-state index contributed by atoms with van der Waals surface area (Å²) in [5.41, 5.74) is 2.09. The van der Waals surface area contributed by atoms with E-state index in [0.29, 0.717) is 11.7 Å². The summed E-state index contributed by atoms with van der Waals surface area (Å²) in [7, 11) is 0. The van der Waals surface area contributed by atoms with Crippen LogP contribution in [0.4, 0.5) is 0 Å². The van der Waals surface area contributed by atoms with Gasteiger partial charge in [0.25, 0.3) is 0 Å². The third-order valence-corrected chi connectivity index (χ3v) is 6.72. The first-order chi connectivity index (χ1) is 10.4. The van der Waals surface area contributed by atoms with E-state index in [9.17, 15) is 20.4 Å². The molecule has 0 bridgehead atoms. The average molecular weight is 304 g/mol. The Balaban J connectivity index is 1.74. The van der Waals surface area contributed by atoms with E-state index in [1.807, 2.05) is 19.1 Å². The van der Waals surface area contributed by atoms with Crippen LogP contribution in [-0.4, -0.2) is 38.7 Å². The van der Waals surface area contributed by atoms with Crippen LogP contribution in [-0.2, 0) is 6.42 Å². The molecule has 3 unspecified atom stereocenters. The van der Waals surface area contributed by atoms with Crippen molar-refractivity contribution in [2.45, 2.75) is 56.8 Å². The summed E-state index contributed by atoms with van der Waals surface area (Å²) < 4.78 is 0. The fourth-order valence-corrected chi connectivity index (χ4v) is 5.62. The maximum atomic E-state index is 10.5. The highest BCUT2D eigenvalue weighted by Gasteiger charge is 2.62. The van der Waals surface area contributed by atoms with Gasteiger partial charge in [0.15, 0.2) is 0 Å². The third kappa shape index (κ3) is 1.75. The predicted octanol–water partition coefficient (Wildman–Crippen LogP) is 1.55. The van der Waals surface area contributed by atoms with Crippen LogP contribution >= 0.6 is 0 Å². The molecule has 7 atom stereocenters. The van der Waals surface area contributed by atoms with Gasteiger partial charge >= 0.3 is 0 Å². The van der Waals surface area contributed by atoms with Crippen molar-refractivity contribution in [3.8, 4) is 5.75 Å². The summed E-state index contributed by atoms with van der Waals surface area (Å²) in [6.45, 7) is 2.02. The number of fused-ring (bicyclic) bond motifs is 5. The first-order valence-electron chi connectivity index (χ1n) is 8.29. The van der Waals surface area contributed by atoms with Crippen LogP contribution in [0.2, 0.25) is 0 Å². The molecule has 1 aromatic carbocycles. The molecule has 3 aliphatic carbocycles. The van der Waals surface area contributed by atoms with E-state index in [1.165, 1.54) is 11.1 Å². The number of benzene rings is 1. The fraction of sp³-hybridized carbons (Fsp3) is 0.667. The Labute approximate surface area is 130 Å².